The van der Waals surface area contributed by atoms with Crippen LogP contribution in [0.1, 0.15) is 36.0 Å². The summed E-state index contributed by atoms with van der Waals surface area (Å²) < 4.78 is 10.9. The van der Waals surface area contributed by atoms with Crippen LogP contribution in [-0.2, 0) is 17.8 Å². The molecule has 2 heterocycles. The Morgan fingerprint density at radius 2 is 2.17 bits per heavy atom. The van der Waals surface area contributed by atoms with Gasteiger partial charge in [-0.2, -0.15) is 4.98 Å². The minimum Gasteiger partial charge on any atom is -0.492 e. The molecule has 0 saturated heterocycles. The van der Waals surface area contributed by atoms with Gasteiger partial charge in [-0.15, -0.1) is 0 Å². The number of amides is 1. The minimum atomic E-state index is -0.166. The predicted octanol–water partition coefficient (Wildman–Crippen LogP) is 2.16. The molecule has 6 nitrogen and oxygen atoms in total. The lowest BCUT2D eigenvalue weighted by molar-refractivity contribution is -0.136. The summed E-state index contributed by atoms with van der Waals surface area (Å²) in [4.78, 5) is 18.6. The lowest BCUT2D eigenvalue weighted by Gasteiger charge is -2.27. The van der Waals surface area contributed by atoms with Crippen LogP contribution in [0.15, 0.2) is 28.8 Å². The molecule has 1 atom stereocenters. The first-order valence-electron chi connectivity index (χ1n) is 7.99. The molecule has 23 heavy (non-hydrogen) atoms. The highest BCUT2D eigenvalue weighted by Gasteiger charge is 2.31. The third kappa shape index (κ3) is 2.93. The first kappa shape index (κ1) is 14.2. The Kier molecular flexibility index (Phi) is 3.52. The van der Waals surface area contributed by atoms with Crippen molar-refractivity contribution < 1.29 is 14.1 Å². The Bertz CT molecular complexity index is 723. The van der Waals surface area contributed by atoms with Crippen molar-refractivity contribution in [2.24, 2.45) is 5.92 Å². The lowest BCUT2D eigenvalue weighted by atomic mass is 9.95. The molecule has 0 unspecified atom stereocenters. The number of carbonyl (C=O) groups is 1. The molecule has 1 saturated carbocycles. The largest absolute Gasteiger partial charge is 0.492 e. The van der Waals surface area contributed by atoms with E-state index >= 15 is 0 Å². The molecule has 1 aliphatic heterocycles. The van der Waals surface area contributed by atoms with Gasteiger partial charge < -0.3 is 14.2 Å². The smallest absolute Gasteiger partial charge is 0.246 e. The van der Waals surface area contributed by atoms with Gasteiger partial charge in [-0.25, -0.2) is 0 Å². The van der Waals surface area contributed by atoms with E-state index in [1.165, 1.54) is 0 Å². The predicted molar refractivity (Wildman–Crippen MR) is 81.9 cm³/mol. The molecule has 1 aromatic carbocycles. The van der Waals surface area contributed by atoms with Gasteiger partial charge >= 0.3 is 0 Å². The molecule has 4 rings (SSSR count). The van der Waals surface area contributed by atoms with Crippen molar-refractivity contribution in [3.05, 3.63) is 41.5 Å². The maximum Gasteiger partial charge on any atom is 0.246 e. The van der Waals surface area contributed by atoms with E-state index in [2.05, 4.69) is 10.1 Å². The van der Waals surface area contributed by atoms with Crippen molar-refractivity contribution in [2.45, 2.75) is 31.7 Å². The zero-order valence-corrected chi connectivity index (χ0v) is 13.1. The maximum absolute atomic E-state index is 12.6. The number of nitrogens with zero attached hydrogens (tertiary/aromatic N) is 3. The molecule has 1 aliphatic carbocycles. The van der Waals surface area contributed by atoms with E-state index in [0.717, 1.165) is 30.0 Å². The number of benzene rings is 1. The van der Waals surface area contributed by atoms with Crippen molar-refractivity contribution in [3.8, 4) is 5.75 Å². The fourth-order valence-corrected chi connectivity index (χ4v) is 2.92. The number of aromatic nitrogens is 2. The second-order valence-corrected chi connectivity index (χ2v) is 6.33. The second-order valence-electron chi connectivity index (χ2n) is 6.33. The summed E-state index contributed by atoms with van der Waals surface area (Å²) in [5, 5.41) is 3.98. The Labute approximate surface area is 134 Å². The van der Waals surface area contributed by atoms with Crippen molar-refractivity contribution in [3.63, 3.8) is 0 Å². The monoisotopic (exact) mass is 313 g/mol. The molecular weight excluding hydrogens is 294 g/mol. The fraction of sp³-hybridized carbons (Fsp3) is 0.471. The minimum absolute atomic E-state index is 0.0469. The van der Waals surface area contributed by atoms with E-state index in [-0.39, 0.29) is 11.8 Å². The van der Waals surface area contributed by atoms with Crippen molar-refractivity contribution >= 4 is 5.91 Å². The zero-order chi connectivity index (χ0) is 15.8. The van der Waals surface area contributed by atoms with E-state index < -0.39 is 0 Å². The molecule has 0 bridgehead atoms. The first-order valence-corrected chi connectivity index (χ1v) is 7.99. The van der Waals surface area contributed by atoms with Crippen LogP contribution < -0.4 is 4.74 Å². The highest BCUT2D eigenvalue weighted by Crippen LogP contribution is 2.38. The van der Waals surface area contributed by atoms with Gasteiger partial charge in [-0.3, -0.25) is 4.79 Å². The van der Waals surface area contributed by atoms with Crippen LogP contribution >= 0.6 is 0 Å². The average molecular weight is 313 g/mol. The van der Waals surface area contributed by atoms with Crippen LogP contribution in [0, 0.1) is 5.92 Å². The van der Waals surface area contributed by atoms with Gasteiger partial charge in [0.05, 0.1) is 12.5 Å². The van der Waals surface area contributed by atoms with Gasteiger partial charge in [0.25, 0.3) is 0 Å². The van der Waals surface area contributed by atoms with E-state index in [4.69, 9.17) is 9.26 Å². The normalized spacial score (nSPS) is 19.8. The van der Waals surface area contributed by atoms with Crippen molar-refractivity contribution in [2.75, 3.05) is 13.7 Å². The van der Waals surface area contributed by atoms with Crippen molar-refractivity contribution in [1.82, 2.24) is 15.0 Å². The Morgan fingerprint density at radius 3 is 3.00 bits per heavy atom. The van der Waals surface area contributed by atoms with Gasteiger partial charge in [-0.1, -0.05) is 23.4 Å². The molecule has 0 radical (unpaired) electrons. The molecule has 1 fully saturated rings. The number of hydrogen-bond donors (Lipinski definition) is 0. The van der Waals surface area contributed by atoms with Crippen LogP contribution in [0.2, 0.25) is 0 Å². The van der Waals surface area contributed by atoms with Crippen LogP contribution in [0.4, 0.5) is 0 Å². The first-order chi connectivity index (χ1) is 11.2. The maximum atomic E-state index is 12.6. The Morgan fingerprint density at radius 1 is 1.35 bits per heavy atom. The fourth-order valence-electron chi connectivity index (χ4n) is 2.92. The lowest BCUT2D eigenvalue weighted by Crippen LogP contribution is -2.38. The highest BCUT2D eigenvalue weighted by atomic mass is 16.5. The molecule has 120 valence electrons. The summed E-state index contributed by atoms with van der Waals surface area (Å²) >= 11 is 0. The standard InChI is InChI=1S/C17H19N3O3/c1-20(9-15-18-16(19-23-15)11-6-7-11)17(21)13-8-12-4-2-3-5-14(12)22-10-13/h2-5,11,13H,6-10H2,1H3/t13-/m0/s1. The Balaban J connectivity index is 1.40. The average Bonchev–Trinajstić information content (AvgIpc) is 3.33. The zero-order valence-electron chi connectivity index (χ0n) is 13.1. The third-order valence-electron chi connectivity index (χ3n) is 4.40. The van der Waals surface area contributed by atoms with Crippen molar-refractivity contribution in [1.29, 1.82) is 0 Å². The summed E-state index contributed by atoms with van der Waals surface area (Å²) in [5.74, 6) is 2.49. The number of carbonyl (C=O) groups excluding carboxylic acids is 1. The molecule has 1 aromatic heterocycles. The van der Waals surface area contributed by atoms with Crippen LogP contribution in [0.3, 0.4) is 0 Å². The molecule has 0 N–H and O–H groups in total. The Hall–Kier alpha value is -2.37. The quantitative estimate of drug-likeness (QED) is 0.865. The third-order valence-corrected chi connectivity index (χ3v) is 4.40. The number of fused-ring (bicyclic) bond motifs is 1. The van der Waals surface area contributed by atoms with E-state index in [9.17, 15) is 4.79 Å². The number of rotatable bonds is 4. The number of ether oxygens (including phenoxy) is 1. The van der Waals surface area contributed by atoms with E-state index in [0.29, 0.717) is 31.4 Å². The van der Waals surface area contributed by atoms with Gasteiger partial charge in [-0.05, 0) is 30.9 Å². The summed E-state index contributed by atoms with van der Waals surface area (Å²) in [6.07, 6.45) is 2.97. The van der Waals surface area contributed by atoms with E-state index in [1.807, 2.05) is 24.3 Å². The van der Waals surface area contributed by atoms with Gasteiger partial charge in [0.2, 0.25) is 11.8 Å². The summed E-state index contributed by atoms with van der Waals surface area (Å²) in [6, 6.07) is 7.86. The second kappa shape index (κ2) is 5.68. The molecule has 0 spiro atoms. The number of hydrogen-bond acceptors (Lipinski definition) is 5. The van der Waals surface area contributed by atoms with Gasteiger partial charge in [0.1, 0.15) is 12.4 Å². The van der Waals surface area contributed by atoms with Crippen LogP contribution in [-0.4, -0.2) is 34.6 Å². The molecular formula is C17H19N3O3. The summed E-state index contributed by atoms with van der Waals surface area (Å²) in [7, 11) is 1.77. The summed E-state index contributed by atoms with van der Waals surface area (Å²) in [6.45, 7) is 0.758. The SMILES string of the molecule is CN(Cc1nc(C2CC2)no1)C(=O)[C@@H]1COc2ccccc2C1. The molecule has 2 aliphatic rings. The molecule has 1 amide bonds. The highest BCUT2D eigenvalue weighted by molar-refractivity contribution is 5.79. The van der Waals surface area contributed by atoms with E-state index in [1.54, 1.807) is 11.9 Å². The van der Waals surface area contributed by atoms with Gasteiger partial charge in [0, 0.05) is 13.0 Å². The topological polar surface area (TPSA) is 68.5 Å². The molecule has 2 aromatic rings. The van der Waals surface area contributed by atoms with Gasteiger partial charge in [0.15, 0.2) is 5.82 Å². The summed E-state index contributed by atoms with van der Waals surface area (Å²) in [5.41, 5.74) is 1.08. The van der Waals surface area contributed by atoms with Crippen LogP contribution in [0.5, 0.6) is 5.75 Å². The number of para-hydroxylation sites is 1. The molecule has 6 heteroatoms. The van der Waals surface area contributed by atoms with Crippen LogP contribution in [0.25, 0.3) is 0 Å².